The van der Waals surface area contributed by atoms with E-state index in [1.54, 1.807) is 11.3 Å². The van der Waals surface area contributed by atoms with Crippen LogP contribution in [0.5, 0.6) is 0 Å². The van der Waals surface area contributed by atoms with Gasteiger partial charge in [-0.25, -0.2) is 4.98 Å². The molecule has 1 aliphatic rings. The van der Waals surface area contributed by atoms with Gasteiger partial charge in [-0.15, -0.1) is 11.3 Å². The SMILES string of the molecule is CC1CC(C)CC(O)(Cc2nc(-c3ccccc3)cs2)C1. The van der Waals surface area contributed by atoms with Crippen molar-refractivity contribution in [2.75, 3.05) is 0 Å². The largest absolute Gasteiger partial charge is 0.389 e. The van der Waals surface area contributed by atoms with Gasteiger partial charge in [0.1, 0.15) is 0 Å². The van der Waals surface area contributed by atoms with E-state index < -0.39 is 5.60 Å². The molecular weight excluding hydrogens is 278 g/mol. The van der Waals surface area contributed by atoms with Crippen LogP contribution in [0.15, 0.2) is 35.7 Å². The zero-order valence-corrected chi connectivity index (χ0v) is 13.6. The second kappa shape index (κ2) is 5.90. The Labute approximate surface area is 130 Å². The molecule has 0 spiro atoms. The maximum absolute atomic E-state index is 10.9. The first-order chi connectivity index (χ1) is 10.0. The summed E-state index contributed by atoms with van der Waals surface area (Å²) in [4.78, 5) is 4.73. The quantitative estimate of drug-likeness (QED) is 0.903. The first-order valence-corrected chi connectivity index (χ1v) is 8.64. The maximum Gasteiger partial charge on any atom is 0.0961 e. The topological polar surface area (TPSA) is 33.1 Å². The number of hydrogen-bond acceptors (Lipinski definition) is 3. The Balaban J connectivity index is 1.75. The van der Waals surface area contributed by atoms with Gasteiger partial charge in [-0.3, -0.25) is 0 Å². The molecule has 2 aromatic rings. The first-order valence-electron chi connectivity index (χ1n) is 7.76. The van der Waals surface area contributed by atoms with Gasteiger partial charge in [-0.1, -0.05) is 44.2 Å². The molecule has 21 heavy (non-hydrogen) atoms. The highest BCUT2D eigenvalue weighted by atomic mass is 32.1. The molecule has 1 aromatic heterocycles. The third-order valence-corrected chi connectivity index (χ3v) is 5.21. The molecule has 1 saturated carbocycles. The van der Waals surface area contributed by atoms with Gasteiger partial charge in [-0.2, -0.15) is 0 Å². The molecule has 3 heteroatoms. The lowest BCUT2D eigenvalue weighted by molar-refractivity contribution is -0.0304. The average Bonchev–Trinajstić information content (AvgIpc) is 2.85. The van der Waals surface area contributed by atoms with Gasteiger partial charge in [0.25, 0.3) is 0 Å². The number of aliphatic hydroxyl groups is 1. The van der Waals surface area contributed by atoms with Crippen molar-refractivity contribution in [1.82, 2.24) is 4.98 Å². The molecule has 1 aliphatic carbocycles. The van der Waals surface area contributed by atoms with Crippen LogP contribution in [-0.4, -0.2) is 15.7 Å². The van der Waals surface area contributed by atoms with Crippen LogP contribution in [0.4, 0.5) is 0 Å². The van der Waals surface area contributed by atoms with Crippen molar-refractivity contribution in [2.45, 2.75) is 45.1 Å². The lowest BCUT2D eigenvalue weighted by Gasteiger charge is -2.38. The number of nitrogens with zero attached hydrogens (tertiary/aromatic N) is 1. The average molecular weight is 301 g/mol. The van der Waals surface area contributed by atoms with Crippen LogP contribution < -0.4 is 0 Å². The summed E-state index contributed by atoms with van der Waals surface area (Å²) in [5, 5.41) is 14.1. The molecule has 1 fully saturated rings. The van der Waals surface area contributed by atoms with Gasteiger partial charge in [0.15, 0.2) is 0 Å². The minimum atomic E-state index is -0.567. The number of aromatic nitrogens is 1. The highest BCUT2D eigenvalue weighted by Crippen LogP contribution is 2.38. The van der Waals surface area contributed by atoms with Crippen LogP contribution in [0.3, 0.4) is 0 Å². The van der Waals surface area contributed by atoms with Crippen molar-refractivity contribution < 1.29 is 5.11 Å². The van der Waals surface area contributed by atoms with E-state index in [-0.39, 0.29) is 0 Å². The molecule has 0 aliphatic heterocycles. The van der Waals surface area contributed by atoms with Crippen molar-refractivity contribution in [2.24, 2.45) is 11.8 Å². The minimum Gasteiger partial charge on any atom is -0.389 e. The summed E-state index contributed by atoms with van der Waals surface area (Å²) in [6.07, 6.45) is 3.73. The Morgan fingerprint density at radius 2 is 1.86 bits per heavy atom. The van der Waals surface area contributed by atoms with E-state index in [9.17, 15) is 5.11 Å². The highest BCUT2D eigenvalue weighted by Gasteiger charge is 2.36. The Morgan fingerprint density at radius 3 is 2.52 bits per heavy atom. The predicted octanol–water partition coefficient (Wildman–Crippen LogP) is 4.54. The highest BCUT2D eigenvalue weighted by molar-refractivity contribution is 7.09. The predicted molar refractivity (Wildman–Crippen MR) is 88.4 cm³/mol. The summed E-state index contributed by atoms with van der Waals surface area (Å²) in [5.41, 5.74) is 1.61. The molecule has 0 radical (unpaired) electrons. The Bertz CT molecular complexity index is 582. The summed E-state index contributed by atoms with van der Waals surface area (Å²) < 4.78 is 0. The lowest BCUT2D eigenvalue weighted by Crippen LogP contribution is -2.39. The lowest BCUT2D eigenvalue weighted by atomic mass is 9.72. The smallest absolute Gasteiger partial charge is 0.0961 e. The van der Waals surface area contributed by atoms with Crippen molar-refractivity contribution in [3.63, 3.8) is 0 Å². The fourth-order valence-electron chi connectivity index (χ4n) is 3.79. The second-order valence-electron chi connectivity index (χ2n) is 6.75. The summed E-state index contributed by atoms with van der Waals surface area (Å²) in [7, 11) is 0. The van der Waals surface area contributed by atoms with Crippen molar-refractivity contribution >= 4 is 11.3 Å². The molecule has 2 nitrogen and oxygen atoms in total. The van der Waals surface area contributed by atoms with Crippen LogP contribution in [0.2, 0.25) is 0 Å². The first kappa shape index (κ1) is 14.7. The molecule has 0 bridgehead atoms. The van der Waals surface area contributed by atoms with Gasteiger partial charge in [-0.05, 0) is 31.1 Å². The summed E-state index contributed by atoms with van der Waals surface area (Å²) in [5.74, 6) is 1.21. The maximum atomic E-state index is 10.9. The molecule has 0 amide bonds. The van der Waals surface area contributed by atoms with E-state index in [1.165, 1.54) is 6.42 Å². The van der Waals surface area contributed by atoms with E-state index in [0.717, 1.165) is 29.1 Å². The van der Waals surface area contributed by atoms with E-state index in [1.807, 2.05) is 18.2 Å². The minimum absolute atomic E-state index is 0.567. The zero-order chi connectivity index (χ0) is 14.9. The summed E-state index contributed by atoms with van der Waals surface area (Å²) in [6, 6.07) is 10.2. The third-order valence-electron chi connectivity index (χ3n) is 4.36. The van der Waals surface area contributed by atoms with Gasteiger partial charge in [0, 0.05) is 17.4 Å². The van der Waals surface area contributed by atoms with E-state index in [0.29, 0.717) is 18.3 Å². The monoisotopic (exact) mass is 301 g/mol. The molecule has 2 atom stereocenters. The van der Waals surface area contributed by atoms with E-state index in [4.69, 9.17) is 4.98 Å². The molecule has 112 valence electrons. The number of thiazole rings is 1. The van der Waals surface area contributed by atoms with E-state index >= 15 is 0 Å². The molecular formula is C18H23NOS. The van der Waals surface area contributed by atoms with Crippen LogP contribution in [0.1, 0.15) is 38.1 Å². The number of rotatable bonds is 3. The van der Waals surface area contributed by atoms with Gasteiger partial charge >= 0.3 is 0 Å². The fourth-order valence-corrected chi connectivity index (χ4v) is 4.73. The van der Waals surface area contributed by atoms with Crippen molar-refractivity contribution in [3.8, 4) is 11.3 Å². The van der Waals surface area contributed by atoms with Crippen LogP contribution in [-0.2, 0) is 6.42 Å². The normalized spacial score (nSPS) is 29.5. The zero-order valence-electron chi connectivity index (χ0n) is 12.7. The van der Waals surface area contributed by atoms with Crippen LogP contribution >= 0.6 is 11.3 Å². The number of hydrogen-bond donors (Lipinski definition) is 1. The standard InChI is InChI=1S/C18H23NOS/c1-13-8-14(2)10-18(20,9-13)11-17-19-16(12-21-17)15-6-4-3-5-7-15/h3-7,12-14,20H,8-11H2,1-2H3. The molecule has 1 heterocycles. The molecule has 1 aromatic carbocycles. The van der Waals surface area contributed by atoms with E-state index in [2.05, 4.69) is 31.4 Å². The van der Waals surface area contributed by atoms with Gasteiger partial charge in [0.2, 0.25) is 0 Å². The number of benzene rings is 1. The molecule has 1 N–H and O–H groups in total. The molecule has 2 unspecified atom stereocenters. The van der Waals surface area contributed by atoms with Gasteiger partial charge in [0.05, 0.1) is 16.3 Å². The summed E-state index contributed by atoms with van der Waals surface area (Å²) >= 11 is 1.67. The summed E-state index contributed by atoms with van der Waals surface area (Å²) in [6.45, 7) is 4.50. The third kappa shape index (κ3) is 3.53. The Kier molecular flexibility index (Phi) is 4.14. The van der Waals surface area contributed by atoms with Gasteiger partial charge < -0.3 is 5.11 Å². The molecule has 3 rings (SSSR count). The Morgan fingerprint density at radius 1 is 1.19 bits per heavy atom. The second-order valence-corrected chi connectivity index (χ2v) is 7.69. The van der Waals surface area contributed by atoms with Crippen molar-refractivity contribution in [3.05, 3.63) is 40.7 Å². The Hall–Kier alpha value is -1.19. The van der Waals surface area contributed by atoms with Crippen LogP contribution in [0.25, 0.3) is 11.3 Å². The van der Waals surface area contributed by atoms with Crippen LogP contribution in [0, 0.1) is 11.8 Å². The van der Waals surface area contributed by atoms with Crippen molar-refractivity contribution in [1.29, 1.82) is 0 Å². The fraction of sp³-hybridized carbons (Fsp3) is 0.500. The molecule has 0 saturated heterocycles.